The number of nitrogens with one attached hydrogen (secondary N) is 1. The van der Waals surface area contributed by atoms with Crippen molar-refractivity contribution in [2.45, 2.75) is 4.90 Å². The van der Waals surface area contributed by atoms with Gasteiger partial charge >= 0.3 is 0 Å². The number of hydrogen-bond acceptors (Lipinski definition) is 6. The van der Waals surface area contributed by atoms with Gasteiger partial charge in [0, 0.05) is 5.39 Å². The maximum atomic E-state index is 12.6. The van der Waals surface area contributed by atoms with E-state index in [1.165, 1.54) is 6.07 Å². The van der Waals surface area contributed by atoms with Crippen LogP contribution in [0, 0.1) is 0 Å². The number of anilines is 1. The SMILES string of the molecule is Nn1c(=O)c(C2=NS(=O)(=O)c3ccccc3N2)c(O)c2ccccc21. The molecule has 0 saturated carbocycles. The molecule has 0 aliphatic carbocycles. The van der Waals surface area contributed by atoms with Crippen LogP contribution in [0.3, 0.4) is 0 Å². The van der Waals surface area contributed by atoms with Crippen molar-refractivity contribution in [2.24, 2.45) is 4.40 Å². The number of nitrogens with zero attached hydrogens (tertiary/aromatic N) is 2. The summed E-state index contributed by atoms with van der Waals surface area (Å²) in [6.07, 6.45) is 0. The molecule has 0 atom stereocenters. The van der Waals surface area contributed by atoms with Crippen LogP contribution in [-0.4, -0.2) is 24.0 Å². The van der Waals surface area contributed by atoms with Gasteiger partial charge in [-0.25, -0.2) is 4.68 Å². The molecular formula is C16H12N4O4S. The largest absolute Gasteiger partial charge is 0.506 e. The minimum atomic E-state index is -4.01. The van der Waals surface area contributed by atoms with Gasteiger partial charge in [-0.2, -0.15) is 8.42 Å². The first kappa shape index (κ1) is 15.2. The van der Waals surface area contributed by atoms with E-state index in [0.29, 0.717) is 10.9 Å². The van der Waals surface area contributed by atoms with Crippen molar-refractivity contribution in [2.75, 3.05) is 11.2 Å². The van der Waals surface area contributed by atoms with E-state index in [9.17, 15) is 18.3 Å². The lowest BCUT2D eigenvalue weighted by Gasteiger charge is -2.19. The van der Waals surface area contributed by atoms with Crippen LogP contribution >= 0.6 is 0 Å². The zero-order valence-corrected chi connectivity index (χ0v) is 13.5. The Bertz CT molecular complexity index is 1230. The molecule has 3 aromatic rings. The van der Waals surface area contributed by atoms with Crippen molar-refractivity contribution in [3.63, 3.8) is 0 Å². The Morgan fingerprint density at radius 3 is 2.56 bits per heavy atom. The van der Waals surface area contributed by atoms with E-state index < -0.39 is 15.6 Å². The fraction of sp³-hybridized carbons (Fsp3) is 0. The highest BCUT2D eigenvalue weighted by Gasteiger charge is 2.29. The summed E-state index contributed by atoms with van der Waals surface area (Å²) in [5.74, 6) is 5.16. The maximum absolute atomic E-state index is 12.6. The first-order chi connectivity index (χ1) is 11.9. The Morgan fingerprint density at radius 2 is 1.76 bits per heavy atom. The molecule has 2 aromatic carbocycles. The summed E-state index contributed by atoms with van der Waals surface area (Å²) in [6.45, 7) is 0. The number of benzene rings is 2. The van der Waals surface area contributed by atoms with Crippen LogP contribution in [0.15, 0.2) is 62.6 Å². The molecule has 0 fully saturated rings. The van der Waals surface area contributed by atoms with Gasteiger partial charge in [0.25, 0.3) is 15.6 Å². The van der Waals surface area contributed by atoms with E-state index in [4.69, 9.17) is 5.84 Å². The van der Waals surface area contributed by atoms with Crippen molar-refractivity contribution in [3.8, 4) is 5.75 Å². The fourth-order valence-corrected chi connectivity index (χ4v) is 3.91. The molecule has 0 radical (unpaired) electrons. The van der Waals surface area contributed by atoms with Gasteiger partial charge in [-0.05, 0) is 24.3 Å². The summed E-state index contributed by atoms with van der Waals surface area (Å²) in [5.41, 5.74) is -0.493. The molecule has 25 heavy (non-hydrogen) atoms. The van der Waals surface area contributed by atoms with Crippen molar-refractivity contribution >= 4 is 32.4 Å². The smallest absolute Gasteiger partial charge is 0.286 e. The number of sulfonamides is 1. The number of rotatable bonds is 1. The van der Waals surface area contributed by atoms with Crippen molar-refractivity contribution in [1.29, 1.82) is 0 Å². The first-order valence-electron chi connectivity index (χ1n) is 7.23. The monoisotopic (exact) mass is 356 g/mol. The maximum Gasteiger partial charge on any atom is 0.286 e. The van der Waals surface area contributed by atoms with Crippen LogP contribution in [0.5, 0.6) is 5.75 Å². The molecule has 8 nitrogen and oxygen atoms in total. The lowest BCUT2D eigenvalue weighted by Crippen LogP contribution is -2.35. The number of nitrogens with two attached hydrogens (primary N) is 1. The van der Waals surface area contributed by atoms with Gasteiger partial charge in [0.15, 0.2) is 5.84 Å². The van der Waals surface area contributed by atoms with E-state index in [-0.39, 0.29) is 27.7 Å². The van der Waals surface area contributed by atoms with Gasteiger partial charge in [-0.15, -0.1) is 4.40 Å². The third kappa shape index (κ3) is 2.17. The fourth-order valence-electron chi connectivity index (χ4n) is 2.79. The summed E-state index contributed by atoms with van der Waals surface area (Å²) in [6, 6.07) is 12.6. The Kier molecular flexibility index (Phi) is 3.09. The van der Waals surface area contributed by atoms with Gasteiger partial charge in [0.2, 0.25) is 0 Å². The molecule has 1 aromatic heterocycles. The van der Waals surface area contributed by atoms with Crippen LogP contribution in [0.2, 0.25) is 0 Å². The number of para-hydroxylation sites is 2. The standard InChI is InChI=1S/C16H12N4O4S/c17-20-11-7-3-1-5-9(11)14(21)13(16(20)22)15-18-10-6-2-4-8-12(10)25(23,24)19-15/h1-8,21H,17H2,(H,18,19). The lowest BCUT2D eigenvalue weighted by atomic mass is 10.1. The topological polar surface area (TPSA) is 127 Å². The number of amidine groups is 1. The summed E-state index contributed by atoms with van der Waals surface area (Å²) in [7, 11) is -4.01. The molecule has 1 aliphatic rings. The Balaban J connectivity index is 2.04. The van der Waals surface area contributed by atoms with Crippen LogP contribution < -0.4 is 16.7 Å². The van der Waals surface area contributed by atoms with Gasteiger partial charge in [0.05, 0.1) is 11.2 Å². The Labute approximate surface area is 141 Å². The van der Waals surface area contributed by atoms with E-state index >= 15 is 0 Å². The van der Waals surface area contributed by atoms with Gasteiger partial charge < -0.3 is 16.3 Å². The highest BCUT2D eigenvalue weighted by atomic mass is 32.2. The van der Waals surface area contributed by atoms with E-state index in [0.717, 1.165) is 4.68 Å². The zero-order valence-electron chi connectivity index (χ0n) is 12.7. The third-order valence-electron chi connectivity index (χ3n) is 3.95. The summed E-state index contributed by atoms with van der Waals surface area (Å²) in [4.78, 5) is 12.6. The van der Waals surface area contributed by atoms with Crippen molar-refractivity contribution < 1.29 is 13.5 Å². The minimum Gasteiger partial charge on any atom is -0.506 e. The quantitative estimate of drug-likeness (QED) is 0.558. The van der Waals surface area contributed by atoms with E-state index in [2.05, 4.69) is 9.71 Å². The highest BCUT2D eigenvalue weighted by Crippen LogP contribution is 2.31. The van der Waals surface area contributed by atoms with Crippen LogP contribution in [0.1, 0.15) is 5.56 Å². The number of hydrogen-bond donors (Lipinski definition) is 3. The lowest BCUT2D eigenvalue weighted by molar-refractivity contribution is 0.478. The molecule has 0 amide bonds. The number of pyridine rings is 1. The molecule has 0 saturated heterocycles. The molecule has 0 spiro atoms. The van der Waals surface area contributed by atoms with E-state index in [1.807, 2.05) is 0 Å². The molecule has 126 valence electrons. The minimum absolute atomic E-state index is 0.00731. The molecule has 0 bridgehead atoms. The highest BCUT2D eigenvalue weighted by molar-refractivity contribution is 7.90. The van der Waals surface area contributed by atoms with E-state index in [1.54, 1.807) is 42.5 Å². The van der Waals surface area contributed by atoms with Gasteiger partial charge in [0.1, 0.15) is 16.2 Å². The Morgan fingerprint density at radius 1 is 1.08 bits per heavy atom. The zero-order chi connectivity index (χ0) is 17.8. The predicted molar refractivity (Wildman–Crippen MR) is 93.8 cm³/mol. The van der Waals surface area contributed by atoms with Crippen LogP contribution in [-0.2, 0) is 10.0 Å². The molecule has 0 unspecified atom stereocenters. The second kappa shape index (κ2) is 5.08. The summed E-state index contributed by atoms with van der Waals surface area (Å²) < 4.78 is 29.3. The molecule has 1 aliphatic heterocycles. The first-order valence-corrected chi connectivity index (χ1v) is 8.67. The number of fused-ring (bicyclic) bond motifs is 2. The second-order valence-corrected chi connectivity index (χ2v) is 7.02. The van der Waals surface area contributed by atoms with Gasteiger partial charge in [-0.1, -0.05) is 24.3 Å². The van der Waals surface area contributed by atoms with Crippen LogP contribution in [0.25, 0.3) is 10.9 Å². The van der Waals surface area contributed by atoms with Crippen molar-refractivity contribution in [3.05, 3.63) is 64.4 Å². The molecular weight excluding hydrogens is 344 g/mol. The summed E-state index contributed by atoms with van der Waals surface area (Å²) >= 11 is 0. The predicted octanol–water partition coefficient (Wildman–Crippen LogP) is 0.982. The number of nitrogen functional groups attached to an aromatic ring is 1. The molecule has 4 rings (SSSR count). The molecule has 4 N–H and O–H groups in total. The average Bonchev–Trinajstić information content (AvgIpc) is 2.59. The second-order valence-electron chi connectivity index (χ2n) is 5.45. The van der Waals surface area contributed by atoms with Crippen molar-refractivity contribution in [1.82, 2.24) is 4.68 Å². The average molecular weight is 356 g/mol. The third-order valence-corrected chi connectivity index (χ3v) is 5.29. The normalized spacial score (nSPS) is 15.3. The molecule has 2 heterocycles. The van der Waals surface area contributed by atoms with Crippen LogP contribution in [0.4, 0.5) is 5.69 Å². The molecule has 9 heteroatoms. The van der Waals surface area contributed by atoms with Gasteiger partial charge in [-0.3, -0.25) is 4.79 Å². The number of aromatic nitrogens is 1. The Hall–Kier alpha value is -3.33. The summed E-state index contributed by atoms with van der Waals surface area (Å²) in [5, 5.41) is 13.6. The number of aromatic hydroxyl groups is 1.